The van der Waals surface area contributed by atoms with Crippen LogP contribution >= 0.6 is 0 Å². The Hall–Kier alpha value is -2.37. The Morgan fingerprint density at radius 1 is 1.04 bits per heavy atom. The van der Waals surface area contributed by atoms with E-state index >= 15 is 0 Å². The number of nitrogens with zero attached hydrogens (tertiary/aromatic N) is 2. The molecule has 0 amide bonds. The maximum absolute atomic E-state index is 13.1. The Labute approximate surface area is 152 Å². The van der Waals surface area contributed by atoms with Gasteiger partial charge in [-0.05, 0) is 37.3 Å². The molecule has 0 unspecified atom stereocenters. The number of halogens is 1. The lowest BCUT2D eigenvalue weighted by Gasteiger charge is -2.36. The molecule has 1 fully saturated rings. The van der Waals surface area contributed by atoms with Crippen molar-refractivity contribution in [2.75, 3.05) is 37.6 Å². The van der Waals surface area contributed by atoms with E-state index in [1.54, 1.807) is 0 Å². The summed E-state index contributed by atoms with van der Waals surface area (Å²) in [6.45, 7) is 5.98. The summed E-state index contributed by atoms with van der Waals surface area (Å²) in [5.41, 5.74) is 2.87. The zero-order valence-corrected chi connectivity index (χ0v) is 14.9. The molecule has 2 heterocycles. The van der Waals surface area contributed by atoms with Crippen LogP contribution in [0.15, 0.2) is 52.9 Å². The van der Waals surface area contributed by atoms with Gasteiger partial charge in [-0.2, -0.15) is 0 Å². The molecule has 4 rings (SSSR count). The molecular formula is C21H23FN2O2. The minimum atomic E-state index is -0.639. The number of anilines is 1. The second-order valence-corrected chi connectivity index (χ2v) is 6.87. The van der Waals surface area contributed by atoms with Crippen molar-refractivity contribution in [3.8, 4) is 0 Å². The third-order valence-electron chi connectivity index (χ3n) is 5.18. The molecule has 136 valence electrons. The number of rotatable bonds is 4. The average molecular weight is 354 g/mol. The van der Waals surface area contributed by atoms with E-state index in [4.69, 9.17) is 4.42 Å². The van der Waals surface area contributed by atoms with Crippen molar-refractivity contribution in [3.05, 3.63) is 65.7 Å². The molecular weight excluding hydrogens is 331 g/mol. The Morgan fingerprint density at radius 3 is 2.42 bits per heavy atom. The van der Waals surface area contributed by atoms with E-state index in [0.717, 1.165) is 48.4 Å². The summed E-state index contributed by atoms with van der Waals surface area (Å²) in [7, 11) is 0. The molecule has 0 bridgehead atoms. The number of benzene rings is 2. The average Bonchev–Trinajstić information content (AvgIpc) is 3.00. The fraction of sp³-hybridized carbons (Fsp3) is 0.333. The van der Waals surface area contributed by atoms with Crippen molar-refractivity contribution < 1.29 is 13.9 Å². The van der Waals surface area contributed by atoms with Gasteiger partial charge in [0.05, 0.1) is 0 Å². The third-order valence-corrected chi connectivity index (χ3v) is 5.18. The largest absolute Gasteiger partial charge is 0.458 e. The smallest absolute Gasteiger partial charge is 0.138 e. The highest BCUT2D eigenvalue weighted by Gasteiger charge is 2.23. The van der Waals surface area contributed by atoms with Gasteiger partial charge in [0.2, 0.25) is 0 Å². The number of hydrogen-bond donors (Lipinski definition) is 1. The second-order valence-electron chi connectivity index (χ2n) is 6.87. The van der Waals surface area contributed by atoms with Crippen LogP contribution in [-0.4, -0.2) is 42.7 Å². The number of hydrogen-bond acceptors (Lipinski definition) is 4. The summed E-state index contributed by atoms with van der Waals surface area (Å²) >= 11 is 0. The zero-order chi connectivity index (χ0) is 18.1. The minimum absolute atomic E-state index is 0.211. The fourth-order valence-electron chi connectivity index (χ4n) is 3.68. The van der Waals surface area contributed by atoms with Gasteiger partial charge in [0.1, 0.15) is 23.3 Å². The first-order chi connectivity index (χ1) is 12.6. The summed E-state index contributed by atoms with van der Waals surface area (Å²) in [6, 6.07) is 14.5. The number of aliphatic hydroxyl groups excluding tert-OH is 1. The molecule has 0 spiro atoms. The van der Waals surface area contributed by atoms with Gasteiger partial charge in [-0.3, -0.25) is 4.90 Å². The van der Waals surface area contributed by atoms with Crippen molar-refractivity contribution in [2.45, 2.75) is 13.0 Å². The van der Waals surface area contributed by atoms with Gasteiger partial charge in [-0.15, -0.1) is 0 Å². The number of furan rings is 1. The molecule has 1 aromatic heterocycles. The molecule has 5 heteroatoms. The van der Waals surface area contributed by atoms with E-state index in [2.05, 4.69) is 9.80 Å². The van der Waals surface area contributed by atoms with E-state index < -0.39 is 6.10 Å². The zero-order valence-electron chi connectivity index (χ0n) is 14.9. The van der Waals surface area contributed by atoms with Crippen LogP contribution in [0.1, 0.15) is 17.4 Å². The molecule has 4 nitrogen and oxygen atoms in total. The van der Waals surface area contributed by atoms with Crippen LogP contribution in [0.25, 0.3) is 11.0 Å². The topological polar surface area (TPSA) is 39.9 Å². The molecule has 0 saturated carbocycles. The van der Waals surface area contributed by atoms with Crippen LogP contribution in [0.3, 0.4) is 0 Å². The van der Waals surface area contributed by atoms with E-state index in [9.17, 15) is 9.50 Å². The summed E-state index contributed by atoms with van der Waals surface area (Å²) in [6.07, 6.45) is -0.639. The minimum Gasteiger partial charge on any atom is -0.458 e. The third kappa shape index (κ3) is 3.32. The summed E-state index contributed by atoms with van der Waals surface area (Å²) in [4.78, 5) is 4.49. The first-order valence-electron chi connectivity index (χ1n) is 9.01. The van der Waals surface area contributed by atoms with Crippen molar-refractivity contribution in [1.29, 1.82) is 0 Å². The van der Waals surface area contributed by atoms with Gasteiger partial charge in [0.15, 0.2) is 0 Å². The fourth-order valence-corrected chi connectivity index (χ4v) is 3.68. The van der Waals surface area contributed by atoms with Crippen LogP contribution in [0, 0.1) is 12.7 Å². The molecule has 1 aliphatic heterocycles. The van der Waals surface area contributed by atoms with Crippen LogP contribution in [0.5, 0.6) is 0 Å². The quantitative estimate of drug-likeness (QED) is 0.775. The summed E-state index contributed by atoms with van der Waals surface area (Å²) in [5.74, 6) is 0.448. The number of piperazine rings is 1. The number of fused-ring (bicyclic) bond motifs is 1. The molecule has 1 aliphatic rings. The molecule has 1 atom stereocenters. The summed E-state index contributed by atoms with van der Waals surface area (Å²) in [5, 5.41) is 11.7. The number of para-hydroxylation sites is 1. The summed E-state index contributed by atoms with van der Waals surface area (Å²) < 4.78 is 18.9. The lowest BCUT2D eigenvalue weighted by molar-refractivity contribution is 0.0923. The van der Waals surface area contributed by atoms with E-state index in [1.165, 1.54) is 12.1 Å². The SMILES string of the molecule is Cc1c([C@H](O)CN2CCN(c3ccc(F)cc3)CC2)oc2ccccc12. The van der Waals surface area contributed by atoms with E-state index in [1.807, 2.05) is 43.3 Å². The normalized spacial score (nSPS) is 17.0. The standard InChI is InChI=1S/C21H23FN2O2/c1-15-18-4-2-3-5-20(18)26-21(15)19(25)14-23-10-12-24(13-11-23)17-8-6-16(22)7-9-17/h2-9,19,25H,10-14H2,1H3/t19-/m1/s1. The van der Waals surface area contributed by atoms with Crippen LogP contribution in [-0.2, 0) is 0 Å². The first kappa shape index (κ1) is 17.1. The maximum Gasteiger partial charge on any atom is 0.138 e. The highest BCUT2D eigenvalue weighted by Crippen LogP contribution is 2.30. The molecule has 0 aliphatic carbocycles. The molecule has 0 radical (unpaired) electrons. The number of β-amino-alcohol motifs (C(OH)–C–C–N with tert-alkyl or cyclic N) is 1. The molecule has 1 N–H and O–H groups in total. The Morgan fingerprint density at radius 2 is 1.73 bits per heavy atom. The lowest BCUT2D eigenvalue weighted by atomic mass is 10.1. The van der Waals surface area contributed by atoms with Crippen molar-refractivity contribution in [3.63, 3.8) is 0 Å². The Bertz CT molecular complexity index is 883. The van der Waals surface area contributed by atoms with Gasteiger partial charge in [-0.1, -0.05) is 18.2 Å². The van der Waals surface area contributed by atoms with E-state index in [-0.39, 0.29) is 5.82 Å². The van der Waals surface area contributed by atoms with Gasteiger partial charge in [0.25, 0.3) is 0 Å². The molecule has 3 aromatic rings. The molecule has 2 aromatic carbocycles. The second kappa shape index (κ2) is 7.09. The Kier molecular flexibility index (Phi) is 4.66. The highest BCUT2D eigenvalue weighted by molar-refractivity contribution is 5.82. The van der Waals surface area contributed by atoms with Crippen molar-refractivity contribution in [2.24, 2.45) is 0 Å². The predicted octanol–water partition coefficient (Wildman–Crippen LogP) is 3.74. The first-order valence-corrected chi connectivity index (χ1v) is 9.01. The lowest BCUT2D eigenvalue weighted by Crippen LogP contribution is -2.47. The van der Waals surface area contributed by atoms with Crippen molar-refractivity contribution >= 4 is 16.7 Å². The van der Waals surface area contributed by atoms with Crippen LogP contribution in [0.4, 0.5) is 10.1 Å². The highest BCUT2D eigenvalue weighted by atomic mass is 19.1. The predicted molar refractivity (Wildman–Crippen MR) is 101 cm³/mol. The Balaban J connectivity index is 1.39. The van der Waals surface area contributed by atoms with Gasteiger partial charge in [0, 0.05) is 49.4 Å². The monoisotopic (exact) mass is 354 g/mol. The van der Waals surface area contributed by atoms with E-state index in [0.29, 0.717) is 12.3 Å². The number of aliphatic hydroxyl groups is 1. The van der Waals surface area contributed by atoms with Gasteiger partial charge < -0.3 is 14.4 Å². The van der Waals surface area contributed by atoms with Gasteiger partial charge >= 0.3 is 0 Å². The molecule has 26 heavy (non-hydrogen) atoms. The van der Waals surface area contributed by atoms with Crippen LogP contribution < -0.4 is 4.90 Å². The number of aryl methyl sites for hydroxylation is 1. The molecule has 1 saturated heterocycles. The van der Waals surface area contributed by atoms with Crippen LogP contribution in [0.2, 0.25) is 0 Å². The van der Waals surface area contributed by atoms with Gasteiger partial charge in [-0.25, -0.2) is 4.39 Å². The maximum atomic E-state index is 13.1. The van der Waals surface area contributed by atoms with Crippen molar-refractivity contribution in [1.82, 2.24) is 4.90 Å².